The number of aromatic amines is 1. The number of hydrogen-bond donors (Lipinski definition) is 1. The van der Waals surface area contributed by atoms with E-state index in [0.29, 0.717) is 0 Å². The van der Waals surface area contributed by atoms with Gasteiger partial charge in [-0.2, -0.15) is 0 Å². The summed E-state index contributed by atoms with van der Waals surface area (Å²) >= 11 is 5.43. The molecule has 0 unspecified atom stereocenters. The maximum Gasteiger partial charge on any atom is 0.177 e. The highest BCUT2D eigenvalue weighted by molar-refractivity contribution is 7.71. The van der Waals surface area contributed by atoms with Crippen LogP contribution in [0.5, 0.6) is 0 Å². The standard InChI is InChI=1S/C16H22N2OS/c1-16(2,9-10-19-3)12-18-14(11-17-15(18)20)13-7-5-4-6-8-13/h4-8,11H,9-10,12H2,1-3H3,(H,17,20). The number of methoxy groups -OCH3 is 1. The number of aromatic nitrogens is 2. The molecule has 0 atom stereocenters. The van der Waals surface area contributed by atoms with E-state index in [9.17, 15) is 0 Å². The van der Waals surface area contributed by atoms with Crippen LogP contribution in [0.4, 0.5) is 0 Å². The summed E-state index contributed by atoms with van der Waals surface area (Å²) < 4.78 is 8.15. The Kier molecular flexibility index (Phi) is 4.78. The molecule has 0 spiro atoms. The molecule has 1 N–H and O–H groups in total. The van der Waals surface area contributed by atoms with E-state index >= 15 is 0 Å². The van der Waals surface area contributed by atoms with Gasteiger partial charge in [0.25, 0.3) is 0 Å². The molecular weight excluding hydrogens is 268 g/mol. The third-order valence-electron chi connectivity index (χ3n) is 3.51. The average Bonchev–Trinajstić information content (AvgIpc) is 2.79. The van der Waals surface area contributed by atoms with Crippen LogP contribution in [-0.4, -0.2) is 23.3 Å². The Morgan fingerprint density at radius 3 is 2.60 bits per heavy atom. The summed E-state index contributed by atoms with van der Waals surface area (Å²) in [5, 5.41) is 0. The van der Waals surface area contributed by atoms with Crippen LogP contribution < -0.4 is 0 Å². The summed E-state index contributed by atoms with van der Waals surface area (Å²) in [6.07, 6.45) is 2.99. The van der Waals surface area contributed by atoms with Crippen molar-refractivity contribution in [3.63, 3.8) is 0 Å². The SMILES string of the molecule is COCCC(C)(C)Cn1c(-c2ccccc2)c[nH]c1=S. The van der Waals surface area contributed by atoms with E-state index in [0.717, 1.165) is 30.0 Å². The fraction of sp³-hybridized carbons (Fsp3) is 0.438. The Hall–Kier alpha value is -1.39. The average molecular weight is 290 g/mol. The van der Waals surface area contributed by atoms with Crippen LogP contribution in [-0.2, 0) is 11.3 Å². The molecule has 1 heterocycles. The van der Waals surface area contributed by atoms with E-state index in [1.165, 1.54) is 5.56 Å². The van der Waals surface area contributed by atoms with Crippen molar-refractivity contribution < 1.29 is 4.74 Å². The van der Waals surface area contributed by atoms with E-state index in [-0.39, 0.29) is 5.41 Å². The first-order valence-corrected chi connectivity index (χ1v) is 7.27. The quantitative estimate of drug-likeness (QED) is 0.805. The second-order valence-electron chi connectivity index (χ2n) is 5.84. The van der Waals surface area contributed by atoms with Gasteiger partial charge in [0, 0.05) is 26.5 Å². The second-order valence-corrected chi connectivity index (χ2v) is 6.22. The largest absolute Gasteiger partial charge is 0.385 e. The van der Waals surface area contributed by atoms with Gasteiger partial charge in [-0.1, -0.05) is 44.2 Å². The zero-order valence-electron chi connectivity index (χ0n) is 12.3. The van der Waals surface area contributed by atoms with Crippen molar-refractivity contribution in [1.29, 1.82) is 0 Å². The lowest BCUT2D eigenvalue weighted by atomic mass is 9.89. The van der Waals surface area contributed by atoms with Gasteiger partial charge in [-0.05, 0) is 29.6 Å². The van der Waals surface area contributed by atoms with Crippen LogP contribution in [0.25, 0.3) is 11.3 Å². The number of imidazole rings is 1. The van der Waals surface area contributed by atoms with Gasteiger partial charge < -0.3 is 14.3 Å². The Morgan fingerprint density at radius 2 is 1.95 bits per heavy atom. The van der Waals surface area contributed by atoms with Crippen molar-refractivity contribution in [1.82, 2.24) is 9.55 Å². The fourth-order valence-corrected chi connectivity index (χ4v) is 2.51. The minimum Gasteiger partial charge on any atom is -0.385 e. The molecule has 2 aromatic rings. The molecule has 0 aliphatic rings. The molecule has 0 saturated heterocycles. The lowest BCUT2D eigenvalue weighted by Crippen LogP contribution is -2.22. The third kappa shape index (κ3) is 3.58. The highest BCUT2D eigenvalue weighted by Gasteiger charge is 2.20. The zero-order chi connectivity index (χ0) is 14.6. The van der Waals surface area contributed by atoms with E-state index in [1.54, 1.807) is 7.11 Å². The molecule has 108 valence electrons. The summed E-state index contributed by atoms with van der Waals surface area (Å²) in [5.74, 6) is 0. The van der Waals surface area contributed by atoms with Crippen molar-refractivity contribution in [2.45, 2.75) is 26.8 Å². The lowest BCUT2D eigenvalue weighted by Gasteiger charge is -2.25. The van der Waals surface area contributed by atoms with Crippen molar-refractivity contribution >= 4 is 12.2 Å². The normalized spacial score (nSPS) is 11.8. The van der Waals surface area contributed by atoms with Crippen molar-refractivity contribution in [2.24, 2.45) is 5.41 Å². The van der Waals surface area contributed by atoms with Crippen LogP contribution >= 0.6 is 12.2 Å². The summed E-state index contributed by atoms with van der Waals surface area (Å²) in [7, 11) is 1.74. The van der Waals surface area contributed by atoms with E-state index in [1.807, 2.05) is 24.4 Å². The first kappa shape index (κ1) is 15.0. The third-order valence-corrected chi connectivity index (χ3v) is 3.85. The number of hydrogen-bond acceptors (Lipinski definition) is 2. The van der Waals surface area contributed by atoms with Crippen LogP contribution in [0.2, 0.25) is 0 Å². The molecule has 1 aromatic carbocycles. The van der Waals surface area contributed by atoms with Crippen molar-refractivity contribution in [3.8, 4) is 11.3 Å². The molecular formula is C16H22N2OS. The zero-order valence-corrected chi connectivity index (χ0v) is 13.2. The minimum absolute atomic E-state index is 0.139. The van der Waals surface area contributed by atoms with Crippen molar-refractivity contribution in [3.05, 3.63) is 41.3 Å². The summed E-state index contributed by atoms with van der Waals surface area (Å²) in [5.41, 5.74) is 2.46. The number of rotatable bonds is 6. The molecule has 0 amide bonds. The van der Waals surface area contributed by atoms with Gasteiger partial charge in [0.2, 0.25) is 0 Å². The molecule has 1 aromatic heterocycles. The number of nitrogens with one attached hydrogen (secondary N) is 1. The molecule has 3 nitrogen and oxygen atoms in total. The van der Waals surface area contributed by atoms with E-state index < -0.39 is 0 Å². The van der Waals surface area contributed by atoms with Gasteiger partial charge >= 0.3 is 0 Å². The molecule has 0 saturated carbocycles. The molecule has 0 aliphatic heterocycles. The van der Waals surface area contributed by atoms with E-state index in [2.05, 4.69) is 35.5 Å². The van der Waals surface area contributed by atoms with Crippen LogP contribution in [0, 0.1) is 10.2 Å². The molecule has 0 fully saturated rings. The Morgan fingerprint density at radius 1 is 1.25 bits per heavy atom. The molecule has 2 rings (SSSR count). The monoisotopic (exact) mass is 290 g/mol. The van der Waals surface area contributed by atoms with Crippen LogP contribution in [0.15, 0.2) is 36.5 Å². The Bertz CT molecular complexity index is 598. The fourth-order valence-electron chi connectivity index (χ4n) is 2.29. The maximum atomic E-state index is 5.43. The van der Waals surface area contributed by atoms with Gasteiger partial charge in [0.05, 0.1) is 5.69 Å². The molecule has 4 heteroatoms. The van der Waals surface area contributed by atoms with E-state index in [4.69, 9.17) is 17.0 Å². The first-order valence-electron chi connectivity index (χ1n) is 6.86. The molecule has 0 aliphatic carbocycles. The predicted molar refractivity (Wildman–Crippen MR) is 85.3 cm³/mol. The second kappa shape index (κ2) is 6.37. The van der Waals surface area contributed by atoms with Gasteiger partial charge in [-0.25, -0.2) is 0 Å². The number of nitrogens with zero attached hydrogens (tertiary/aromatic N) is 1. The number of ether oxygens (including phenoxy) is 1. The summed E-state index contributed by atoms with van der Waals surface area (Å²) in [6.45, 7) is 6.14. The summed E-state index contributed by atoms with van der Waals surface area (Å²) in [4.78, 5) is 3.16. The number of H-pyrrole nitrogens is 1. The minimum atomic E-state index is 0.139. The molecule has 0 bridgehead atoms. The summed E-state index contributed by atoms with van der Waals surface area (Å²) in [6, 6.07) is 10.3. The highest BCUT2D eigenvalue weighted by Crippen LogP contribution is 2.27. The molecule has 0 radical (unpaired) electrons. The van der Waals surface area contributed by atoms with Gasteiger partial charge in [0.15, 0.2) is 4.77 Å². The Balaban J connectivity index is 2.29. The molecule has 20 heavy (non-hydrogen) atoms. The maximum absolute atomic E-state index is 5.43. The first-order chi connectivity index (χ1) is 9.53. The van der Waals surface area contributed by atoms with Gasteiger partial charge in [0.1, 0.15) is 0 Å². The highest BCUT2D eigenvalue weighted by atomic mass is 32.1. The smallest absolute Gasteiger partial charge is 0.177 e. The topological polar surface area (TPSA) is 29.9 Å². The Labute approximate surface area is 125 Å². The number of benzene rings is 1. The van der Waals surface area contributed by atoms with Gasteiger partial charge in [-0.15, -0.1) is 0 Å². The van der Waals surface area contributed by atoms with Crippen LogP contribution in [0.1, 0.15) is 20.3 Å². The van der Waals surface area contributed by atoms with Gasteiger partial charge in [-0.3, -0.25) is 0 Å². The van der Waals surface area contributed by atoms with Crippen LogP contribution in [0.3, 0.4) is 0 Å². The lowest BCUT2D eigenvalue weighted by molar-refractivity contribution is 0.142. The predicted octanol–water partition coefficient (Wildman–Crippen LogP) is 4.28. The van der Waals surface area contributed by atoms with Crippen molar-refractivity contribution in [2.75, 3.05) is 13.7 Å².